The number of benzene rings is 1. The van der Waals surface area contributed by atoms with E-state index in [0.717, 1.165) is 6.42 Å². The first kappa shape index (κ1) is 14.3. The van der Waals surface area contributed by atoms with Gasteiger partial charge in [-0.1, -0.05) is 30.3 Å². The predicted molar refractivity (Wildman–Crippen MR) is 80.5 cm³/mol. The molecule has 22 heavy (non-hydrogen) atoms. The number of methoxy groups -OCH3 is 1. The van der Waals surface area contributed by atoms with Crippen LogP contribution in [0.4, 0.5) is 5.69 Å². The number of esters is 1. The molecule has 2 unspecified atom stereocenters. The summed E-state index contributed by atoms with van der Waals surface area (Å²) in [6.07, 6.45) is 2.29. The van der Waals surface area contributed by atoms with Crippen molar-refractivity contribution in [2.75, 3.05) is 12.4 Å². The molecule has 1 aliphatic rings. The Labute approximate surface area is 128 Å². The minimum atomic E-state index is -0.522. The van der Waals surface area contributed by atoms with Gasteiger partial charge in [0.05, 0.1) is 19.0 Å². The second-order valence-corrected chi connectivity index (χ2v) is 5.37. The van der Waals surface area contributed by atoms with Crippen molar-refractivity contribution < 1.29 is 14.3 Å². The molecule has 0 spiro atoms. The Balaban J connectivity index is 1.70. The van der Waals surface area contributed by atoms with Gasteiger partial charge < -0.3 is 10.1 Å². The number of aromatic nitrogens is 2. The molecule has 6 nitrogen and oxygen atoms in total. The summed E-state index contributed by atoms with van der Waals surface area (Å²) in [5.41, 5.74) is 1.80. The minimum absolute atomic E-state index is 0.0619. The van der Waals surface area contributed by atoms with Crippen LogP contribution in [-0.2, 0) is 16.6 Å². The summed E-state index contributed by atoms with van der Waals surface area (Å²) in [7, 11) is 2.93. The minimum Gasteiger partial charge on any atom is -0.464 e. The quantitative estimate of drug-likeness (QED) is 0.876. The van der Waals surface area contributed by atoms with Gasteiger partial charge in [0, 0.05) is 13.0 Å². The number of ether oxygens (including phenoxy) is 1. The monoisotopic (exact) mass is 299 g/mol. The molecule has 2 atom stereocenters. The number of hydrogen-bond donors (Lipinski definition) is 1. The molecule has 1 aromatic heterocycles. The molecule has 1 saturated carbocycles. The fraction of sp³-hybridized carbons (Fsp3) is 0.312. The Bertz CT molecular complexity index is 709. The first-order valence-corrected chi connectivity index (χ1v) is 7.08. The largest absolute Gasteiger partial charge is 0.464 e. The smallest absolute Gasteiger partial charge is 0.358 e. The molecule has 1 amide bonds. The Morgan fingerprint density at radius 3 is 2.73 bits per heavy atom. The van der Waals surface area contributed by atoms with Gasteiger partial charge in [0.2, 0.25) is 5.91 Å². The van der Waals surface area contributed by atoms with E-state index in [2.05, 4.69) is 10.4 Å². The number of anilines is 1. The van der Waals surface area contributed by atoms with E-state index in [4.69, 9.17) is 4.74 Å². The molecule has 1 fully saturated rings. The molecule has 1 heterocycles. The predicted octanol–water partition coefficient (Wildman–Crippen LogP) is 1.95. The molecule has 0 saturated heterocycles. The van der Waals surface area contributed by atoms with Crippen molar-refractivity contribution in [3.05, 3.63) is 47.8 Å². The summed E-state index contributed by atoms with van der Waals surface area (Å²) in [5.74, 6) is -0.426. The van der Waals surface area contributed by atoms with Crippen molar-refractivity contribution >= 4 is 17.6 Å². The van der Waals surface area contributed by atoms with Gasteiger partial charge in [-0.15, -0.1) is 0 Å². The van der Waals surface area contributed by atoms with Crippen LogP contribution >= 0.6 is 0 Å². The maximum Gasteiger partial charge on any atom is 0.358 e. The number of nitrogens with zero attached hydrogens (tertiary/aromatic N) is 2. The van der Waals surface area contributed by atoms with Gasteiger partial charge in [-0.3, -0.25) is 9.48 Å². The number of aryl methyl sites for hydroxylation is 1. The van der Waals surface area contributed by atoms with Crippen molar-refractivity contribution in [1.82, 2.24) is 9.78 Å². The molecule has 3 rings (SSSR count). The summed E-state index contributed by atoms with van der Waals surface area (Å²) < 4.78 is 6.11. The van der Waals surface area contributed by atoms with E-state index in [0.29, 0.717) is 5.69 Å². The molecule has 2 aromatic rings. The standard InChI is InChI=1S/C16H17N3O3/c1-19-14(16(21)22-2)13(9-17-19)18-15(20)12-8-11(12)10-6-4-3-5-7-10/h3-7,9,11-12H,8H2,1-2H3,(H,18,20). The lowest BCUT2D eigenvalue weighted by molar-refractivity contribution is -0.117. The highest BCUT2D eigenvalue weighted by Gasteiger charge is 2.44. The van der Waals surface area contributed by atoms with Gasteiger partial charge in [-0.25, -0.2) is 4.79 Å². The van der Waals surface area contributed by atoms with E-state index in [-0.39, 0.29) is 23.4 Å². The average molecular weight is 299 g/mol. The molecule has 6 heteroatoms. The Hall–Kier alpha value is -2.63. The van der Waals surface area contributed by atoms with Crippen LogP contribution in [0.25, 0.3) is 0 Å². The molecule has 1 N–H and O–H groups in total. The van der Waals surface area contributed by atoms with Gasteiger partial charge in [0.15, 0.2) is 5.69 Å². The topological polar surface area (TPSA) is 73.2 Å². The lowest BCUT2D eigenvalue weighted by atomic mass is 10.1. The van der Waals surface area contributed by atoms with E-state index >= 15 is 0 Å². The molecular formula is C16H17N3O3. The van der Waals surface area contributed by atoms with Gasteiger partial charge >= 0.3 is 5.97 Å². The average Bonchev–Trinajstić information content (AvgIpc) is 3.26. The highest BCUT2D eigenvalue weighted by Crippen LogP contribution is 2.47. The van der Waals surface area contributed by atoms with Gasteiger partial charge in [0.1, 0.15) is 0 Å². The van der Waals surface area contributed by atoms with E-state index < -0.39 is 5.97 Å². The van der Waals surface area contributed by atoms with Crippen molar-refractivity contribution in [2.45, 2.75) is 12.3 Å². The van der Waals surface area contributed by atoms with Crippen LogP contribution < -0.4 is 5.32 Å². The van der Waals surface area contributed by atoms with Crippen molar-refractivity contribution in [2.24, 2.45) is 13.0 Å². The zero-order valence-corrected chi connectivity index (χ0v) is 12.4. The lowest BCUT2D eigenvalue weighted by Crippen LogP contribution is -2.18. The molecule has 0 aliphatic heterocycles. The van der Waals surface area contributed by atoms with Crippen LogP contribution in [0.3, 0.4) is 0 Å². The summed E-state index contributed by atoms with van der Waals surface area (Å²) in [4.78, 5) is 24.1. The normalized spacial score (nSPS) is 19.5. The number of carbonyl (C=O) groups excluding carboxylic acids is 2. The Kier molecular flexibility index (Phi) is 3.66. The van der Waals surface area contributed by atoms with Gasteiger partial charge in [0.25, 0.3) is 0 Å². The molecule has 1 aromatic carbocycles. The number of carbonyl (C=O) groups is 2. The fourth-order valence-electron chi connectivity index (χ4n) is 2.65. The first-order valence-electron chi connectivity index (χ1n) is 7.08. The lowest BCUT2D eigenvalue weighted by Gasteiger charge is -2.06. The van der Waals surface area contributed by atoms with Crippen LogP contribution in [0.15, 0.2) is 36.5 Å². The third kappa shape index (κ3) is 2.59. The molecule has 0 bridgehead atoms. The Morgan fingerprint density at radius 1 is 1.32 bits per heavy atom. The number of amides is 1. The highest BCUT2D eigenvalue weighted by molar-refractivity contribution is 6.01. The van der Waals surface area contributed by atoms with Crippen LogP contribution in [0, 0.1) is 5.92 Å². The van der Waals surface area contributed by atoms with E-state index in [1.807, 2.05) is 30.3 Å². The summed E-state index contributed by atoms with van der Waals surface area (Å²) in [5, 5.41) is 6.78. The zero-order chi connectivity index (χ0) is 15.7. The molecule has 1 aliphatic carbocycles. The van der Waals surface area contributed by atoms with Crippen molar-refractivity contribution in [3.8, 4) is 0 Å². The SMILES string of the molecule is COC(=O)c1c(NC(=O)C2CC2c2ccccc2)cnn1C. The first-order chi connectivity index (χ1) is 10.6. The maximum absolute atomic E-state index is 12.3. The second kappa shape index (κ2) is 5.63. The number of hydrogen-bond acceptors (Lipinski definition) is 4. The van der Waals surface area contributed by atoms with Crippen LogP contribution in [0.5, 0.6) is 0 Å². The van der Waals surface area contributed by atoms with Gasteiger partial charge in [-0.05, 0) is 17.9 Å². The fourth-order valence-corrected chi connectivity index (χ4v) is 2.65. The van der Waals surface area contributed by atoms with E-state index in [1.54, 1.807) is 7.05 Å². The third-order valence-corrected chi connectivity index (χ3v) is 3.93. The summed E-state index contributed by atoms with van der Waals surface area (Å²) in [6, 6.07) is 9.96. The Morgan fingerprint density at radius 2 is 2.05 bits per heavy atom. The van der Waals surface area contributed by atoms with Crippen LogP contribution in [0.1, 0.15) is 28.4 Å². The molecule has 0 radical (unpaired) electrons. The number of nitrogens with one attached hydrogen (secondary N) is 1. The van der Waals surface area contributed by atoms with E-state index in [1.165, 1.54) is 23.6 Å². The molecular weight excluding hydrogens is 282 g/mol. The highest BCUT2D eigenvalue weighted by atomic mass is 16.5. The number of rotatable bonds is 4. The van der Waals surface area contributed by atoms with Crippen molar-refractivity contribution in [3.63, 3.8) is 0 Å². The van der Waals surface area contributed by atoms with Crippen LogP contribution in [-0.4, -0.2) is 28.8 Å². The van der Waals surface area contributed by atoms with Gasteiger partial charge in [-0.2, -0.15) is 5.10 Å². The van der Waals surface area contributed by atoms with E-state index in [9.17, 15) is 9.59 Å². The molecule has 114 valence electrons. The summed E-state index contributed by atoms with van der Waals surface area (Å²) >= 11 is 0. The van der Waals surface area contributed by atoms with Crippen LogP contribution in [0.2, 0.25) is 0 Å². The second-order valence-electron chi connectivity index (χ2n) is 5.37. The zero-order valence-electron chi connectivity index (χ0n) is 12.4. The van der Waals surface area contributed by atoms with Crippen molar-refractivity contribution in [1.29, 1.82) is 0 Å². The summed E-state index contributed by atoms with van der Waals surface area (Å²) in [6.45, 7) is 0. The maximum atomic E-state index is 12.3. The third-order valence-electron chi connectivity index (χ3n) is 3.93.